The van der Waals surface area contributed by atoms with E-state index in [2.05, 4.69) is 40.1 Å². The maximum Gasteiger partial charge on any atom is 0.143 e. The predicted octanol–water partition coefficient (Wildman–Crippen LogP) is 4.37. The Bertz CT molecular complexity index is 1030. The Kier molecular flexibility index (Phi) is 5.42. The van der Waals surface area contributed by atoms with Gasteiger partial charge in [0.1, 0.15) is 5.78 Å². The van der Waals surface area contributed by atoms with Gasteiger partial charge in [-0.1, -0.05) is 30.3 Å². The molecule has 0 bridgehead atoms. The Morgan fingerprint density at radius 3 is 2.58 bits per heavy atom. The number of rotatable bonds is 5. The van der Waals surface area contributed by atoms with E-state index in [9.17, 15) is 10.1 Å². The van der Waals surface area contributed by atoms with E-state index in [-0.39, 0.29) is 11.3 Å². The van der Waals surface area contributed by atoms with Gasteiger partial charge in [-0.2, -0.15) is 5.26 Å². The lowest BCUT2D eigenvalue weighted by Gasteiger charge is -2.52. The van der Waals surface area contributed by atoms with Gasteiger partial charge in [0.25, 0.3) is 0 Å². The van der Waals surface area contributed by atoms with Crippen molar-refractivity contribution in [2.24, 2.45) is 5.92 Å². The van der Waals surface area contributed by atoms with Crippen LogP contribution in [-0.2, 0) is 16.8 Å². The topological polar surface area (TPSA) is 47.3 Å². The minimum Gasteiger partial charge on any atom is -0.303 e. The summed E-state index contributed by atoms with van der Waals surface area (Å²) in [7, 11) is 0. The van der Waals surface area contributed by atoms with Gasteiger partial charge in [-0.3, -0.25) is 9.69 Å². The van der Waals surface area contributed by atoms with E-state index in [1.807, 2.05) is 18.2 Å². The molecule has 2 heterocycles. The molecule has 0 N–H and O–H groups in total. The van der Waals surface area contributed by atoms with Crippen LogP contribution >= 0.6 is 0 Å². The number of piperidine rings is 1. The molecule has 0 unspecified atom stereocenters. The third kappa shape index (κ3) is 4.05. The van der Waals surface area contributed by atoms with Crippen molar-refractivity contribution < 1.29 is 4.79 Å². The highest BCUT2D eigenvalue weighted by Crippen LogP contribution is 2.45. The Balaban J connectivity index is 1.47. The summed E-state index contributed by atoms with van der Waals surface area (Å²) in [6.45, 7) is 6.71. The van der Waals surface area contributed by atoms with Gasteiger partial charge in [0.05, 0.1) is 18.2 Å². The number of likely N-dealkylation sites (tertiary alicyclic amines) is 1. The lowest BCUT2D eigenvalue weighted by molar-refractivity contribution is -0.121. The number of Topliss-reactive ketones (excluding diaryl/α,β-unsaturated/α-hetero) is 1. The van der Waals surface area contributed by atoms with Crippen LogP contribution in [0.1, 0.15) is 49.3 Å². The summed E-state index contributed by atoms with van der Waals surface area (Å²) < 4.78 is 0. The molecular formula is C27H31N3O. The SMILES string of the molecule is CC(=O)CN1CCc2cc(-c3cccc(C#N)c3)ccc2C12CCN(CC1CC1)CC2. The highest BCUT2D eigenvalue weighted by atomic mass is 16.1. The second-order valence-electron chi connectivity index (χ2n) is 9.71. The van der Waals surface area contributed by atoms with Gasteiger partial charge in [-0.05, 0) is 79.3 Å². The van der Waals surface area contributed by atoms with Crippen LogP contribution in [0, 0.1) is 17.2 Å². The first-order chi connectivity index (χ1) is 15.1. The van der Waals surface area contributed by atoms with Crippen LogP contribution in [-0.4, -0.2) is 48.3 Å². The van der Waals surface area contributed by atoms with Crippen LogP contribution in [0.15, 0.2) is 42.5 Å². The van der Waals surface area contributed by atoms with Crippen molar-refractivity contribution >= 4 is 5.78 Å². The molecule has 1 saturated heterocycles. The molecule has 3 aliphatic rings. The second-order valence-corrected chi connectivity index (χ2v) is 9.71. The highest BCUT2D eigenvalue weighted by molar-refractivity contribution is 5.78. The Labute approximate surface area is 185 Å². The summed E-state index contributed by atoms with van der Waals surface area (Å²) >= 11 is 0. The van der Waals surface area contributed by atoms with E-state index >= 15 is 0 Å². The van der Waals surface area contributed by atoms with Crippen LogP contribution in [0.3, 0.4) is 0 Å². The summed E-state index contributed by atoms with van der Waals surface area (Å²) in [6.07, 6.45) is 5.97. The fourth-order valence-electron chi connectivity index (χ4n) is 5.70. The molecule has 5 rings (SSSR count). The van der Waals surface area contributed by atoms with Crippen LogP contribution in [0.2, 0.25) is 0 Å². The Morgan fingerprint density at radius 2 is 1.87 bits per heavy atom. The monoisotopic (exact) mass is 413 g/mol. The number of fused-ring (bicyclic) bond motifs is 2. The molecule has 2 aromatic carbocycles. The lowest BCUT2D eigenvalue weighted by atomic mass is 9.73. The van der Waals surface area contributed by atoms with Crippen molar-refractivity contribution in [1.29, 1.82) is 5.26 Å². The largest absolute Gasteiger partial charge is 0.303 e. The summed E-state index contributed by atoms with van der Waals surface area (Å²) in [5, 5.41) is 9.26. The van der Waals surface area contributed by atoms with Crippen LogP contribution in [0.4, 0.5) is 0 Å². The molecule has 4 nitrogen and oxygen atoms in total. The number of benzene rings is 2. The molecule has 1 aliphatic carbocycles. The predicted molar refractivity (Wildman–Crippen MR) is 123 cm³/mol. The van der Waals surface area contributed by atoms with Crippen molar-refractivity contribution in [2.45, 2.75) is 44.6 Å². The fraction of sp³-hybridized carbons (Fsp3) is 0.481. The molecule has 2 fully saturated rings. The van der Waals surface area contributed by atoms with Gasteiger partial charge in [-0.15, -0.1) is 0 Å². The standard InChI is InChI=1S/C27H31N3O/c1-20(31)18-30-12-9-25-16-24(23-4-2-3-22(15-23)17-28)7-8-26(25)27(30)10-13-29(14-11-27)19-21-5-6-21/h2-4,7-8,15-16,21H,5-6,9-14,18-19H2,1H3. The molecule has 2 aromatic rings. The van der Waals surface area contributed by atoms with Crippen molar-refractivity contribution in [3.05, 3.63) is 59.2 Å². The Morgan fingerprint density at radius 1 is 1.10 bits per heavy atom. The van der Waals surface area contributed by atoms with Crippen molar-refractivity contribution in [3.63, 3.8) is 0 Å². The van der Waals surface area contributed by atoms with E-state index in [0.29, 0.717) is 12.1 Å². The first-order valence-corrected chi connectivity index (χ1v) is 11.7. The third-order valence-electron chi connectivity index (χ3n) is 7.50. The zero-order valence-electron chi connectivity index (χ0n) is 18.4. The van der Waals surface area contributed by atoms with Gasteiger partial charge < -0.3 is 4.90 Å². The highest BCUT2D eigenvalue weighted by Gasteiger charge is 2.45. The van der Waals surface area contributed by atoms with Gasteiger partial charge in [0.15, 0.2) is 0 Å². The quantitative estimate of drug-likeness (QED) is 0.730. The van der Waals surface area contributed by atoms with Crippen LogP contribution in [0.25, 0.3) is 11.1 Å². The van der Waals surface area contributed by atoms with Gasteiger partial charge >= 0.3 is 0 Å². The van der Waals surface area contributed by atoms with Crippen LogP contribution in [0.5, 0.6) is 0 Å². The van der Waals surface area contributed by atoms with Crippen molar-refractivity contribution in [2.75, 3.05) is 32.7 Å². The summed E-state index contributed by atoms with van der Waals surface area (Å²) in [4.78, 5) is 17.2. The average molecular weight is 414 g/mol. The third-order valence-corrected chi connectivity index (χ3v) is 7.50. The molecular weight excluding hydrogens is 382 g/mol. The molecule has 0 atom stereocenters. The number of carbonyl (C=O) groups excluding carboxylic acids is 1. The average Bonchev–Trinajstić information content (AvgIpc) is 3.61. The normalized spacial score (nSPS) is 20.9. The number of hydrogen-bond donors (Lipinski definition) is 0. The fourth-order valence-corrected chi connectivity index (χ4v) is 5.70. The van der Waals surface area contributed by atoms with Crippen molar-refractivity contribution in [3.8, 4) is 17.2 Å². The molecule has 4 heteroatoms. The van der Waals surface area contributed by atoms with Gasteiger partial charge in [0.2, 0.25) is 0 Å². The lowest BCUT2D eigenvalue weighted by Crippen LogP contribution is -2.57. The zero-order valence-corrected chi connectivity index (χ0v) is 18.4. The smallest absolute Gasteiger partial charge is 0.143 e. The number of ketones is 1. The molecule has 1 spiro atoms. The van der Waals surface area contributed by atoms with E-state index in [0.717, 1.165) is 50.4 Å². The molecule has 0 aromatic heterocycles. The van der Waals surface area contributed by atoms with E-state index in [1.54, 1.807) is 6.92 Å². The number of carbonyl (C=O) groups is 1. The first kappa shape index (κ1) is 20.4. The second kappa shape index (κ2) is 8.22. The zero-order chi connectivity index (χ0) is 21.4. The minimum atomic E-state index is -0.0215. The van der Waals surface area contributed by atoms with Crippen molar-refractivity contribution in [1.82, 2.24) is 9.80 Å². The molecule has 2 aliphatic heterocycles. The van der Waals surface area contributed by atoms with Gasteiger partial charge in [0, 0.05) is 31.7 Å². The molecule has 160 valence electrons. The number of nitrogens with zero attached hydrogens (tertiary/aromatic N) is 3. The Hall–Kier alpha value is -2.48. The van der Waals surface area contributed by atoms with Gasteiger partial charge in [-0.25, -0.2) is 0 Å². The summed E-state index contributed by atoms with van der Waals surface area (Å²) in [5.41, 5.74) is 5.79. The van der Waals surface area contributed by atoms with E-state index < -0.39 is 0 Å². The number of hydrogen-bond acceptors (Lipinski definition) is 4. The van der Waals surface area contributed by atoms with E-state index in [4.69, 9.17) is 0 Å². The summed E-state index contributed by atoms with van der Waals surface area (Å²) in [6, 6.07) is 17.0. The number of nitriles is 1. The maximum absolute atomic E-state index is 12.1. The molecule has 31 heavy (non-hydrogen) atoms. The molecule has 0 radical (unpaired) electrons. The summed E-state index contributed by atoms with van der Waals surface area (Å²) in [5.74, 6) is 1.18. The first-order valence-electron chi connectivity index (χ1n) is 11.7. The maximum atomic E-state index is 12.1. The van der Waals surface area contributed by atoms with Crippen LogP contribution < -0.4 is 0 Å². The minimum absolute atomic E-state index is 0.0215. The van der Waals surface area contributed by atoms with E-state index in [1.165, 1.54) is 36.1 Å². The molecule has 1 saturated carbocycles. The molecule has 0 amide bonds.